The Morgan fingerprint density at radius 3 is 2.59 bits per heavy atom. The van der Waals surface area contributed by atoms with Crippen molar-refractivity contribution < 1.29 is 28.6 Å². The van der Waals surface area contributed by atoms with Crippen LogP contribution in [0.25, 0.3) is 6.08 Å². The Labute approximate surface area is 185 Å². The number of ether oxygens (including phenoxy) is 2. The van der Waals surface area contributed by atoms with Crippen molar-refractivity contribution >= 4 is 23.6 Å². The van der Waals surface area contributed by atoms with Gasteiger partial charge in [-0.15, -0.1) is 0 Å². The molecule has 2 heterocycles. The van der Waals surface area contributed by atoms with Crippen molar-refractivity contribution in [2.45, 2.75) is 20.4 Å². The lowest BCUT2D eigenvalue weighted by atomic mass is 10.1. The van der Waals surface area contributed by atoms with Gasteiger partial charge in [-0.1, -0.05) is 18.2 Å². The number of aryl methyl sites for hydroxylation is 1. The molecule has 0 saturated carbocycles. The van der Waals surface area contributed by atoms with Crippen molar-refractivity contribution in [3.8, 4) is 11.5 Å². The predicted molar refractivity (Wildman–Crippen MR) is 119 cm³/mol. The second-order valence-electron chi connectivity index (χ2n) is 7.31. The Kier molecular flexibility index (Phi) is 5.98. The lowest BCUT2D eigenvalue weighted by molar-refractivity contribution is -0.115. The Bertz CT molecular complexity index is 1180. The number of hydrogen-bond donors (Lipinski definition) is 1. The summed E-state index contributed by atoms with van der Waals surface area (Å²) in [5.41, 5.74) is 1.98. The lowest BCUT2D eigenvalue weighted by Gasteiger charge is -2.25. The van der Waals surface area contributed by atoms with Gasteiger partial charge < -0.3 is 23.9 Å². The van der Waals surface area contributed by atoms with Gasteiger partial charge in [0.25, 0.3) is 5.91 Å². The quantitative estimate of drug-likeness (QED) is 0.581. The van der Waals surface area contributed by atoms with E-state index >= 15 is 0 Å². The van der Waals surface area contributed by atoms with Crippen LogP contribution in [0, 0.1) is 6.92 Å². The smallest absolute Gasteiger partial charge is 0.339 e. The molecule has 3 aromatic rings. The highest BCUT2D eigenvalue weighted by molar-refractivity contribution is 6.09. The summed E-state index contributed by atoms with van der Waals surface area (Å²) in [6.45, 7) is 4.25. The molecule has 0 radical (unpaired) electrons. The van der Waals surface area contributed by atoms with Crippen LogP contribution in [0.2, 0.25) is 0 Å². The molecule has 0 spiro atoms. The van der Waals surface area contributed by atoms with Gasteiger partial charge in [0.15, 0.2) is 0 Å². The monoisotopic (exact) mass is 433 g/mol. The van der Waals surface area contributed by atoms with Gasteiger partial charge in [-0.05, 0) is 56.3 Å². The maximum Gasteiger partial charge on any atom is 0.339 e. The minimum atomic E-state index is -1.07. The van der Waals surface area contributed by atoms with Gasteiger partial charge in [0.05, 0.1) is 18.7 Å². The molecule has 0 aliphatic carbocycles. The van der Waals surface area contributed by atoms with Crippen molar-refractivity contribution in [1.29, 1.82) is 0 Å². The number of aromatic carboxylic acids is 1. The van der Waals surface area contributed by atoms with E-state index in [0.717, 1.165) is 5.56 Å². The van der Waals surface area contributed by atoms with E-state index in [4.69, 9.17) is 13.9 Å². The van der Waals surface area contributed by atoms with E-state index in [1.54, 1.807) is 17.9 Å². The van der Waals surface area contributed by atoms with Crippen molar-refractivity contribution in [3.05, 3.63) is 82.8 Å². The number of fused-ring (bicyclic) bond motifs is 1. The Hall–Kier alpha value is -4.00. The molecule has 7 heteroatoms. The van der Waals surface area contributed by atoms with Crippen LogP contribution in [-0.2, 0) is 11.3 Å². The van der Waals surface area contributed by atoms with E-state index in [1.165, 1.54) is 6.07 Å². The van der Waals surface area contributed by atoms with Crippen molar-refractivity contribution in [2.75, 3.05) is 18.1 Å². The largest absolute Gasteiger partial charge is 0.494 e. The number of anilines is 1. The number of furan rings is 1. The summed E-state index contributed by atoms with van der Waals surface area (Å²) in [5, 5.41) is 9.32. The molecular formula is C25H23NO6. The Morgan fingerprint density at radius 2 is 1.91 bits per heavy atom. The van der Waals surface area contributed by atoms with Crippen molar-refractivity contribution in [1.82, 2.24) is 0 Å². The summed E-state index contributed by atoms with van der Waals surface area (Å²) in [4.78, 5) is 26.5. The highest BCUT2D eigenvalue weighted by Crippen LogP contribution is 2.32. The number of nitrogens with zero attached hydrogens (tertiary/aromatic N) is 1. The fourth-order valence-corrected chi connectivity index (χ4v) is 3.59. The molecule has 0 fully saturated rings. The van der Waals surface area contributed by atoms with E-state index in [2.05, 4.69) is 0 Å². The maximum atomic E-state index is 13.5. The van der Waals surface area contributed by atoms with Crippen LogP contribution in [0.1, 0.15) is 34.4 Å². The molecule has 32 heavy (non-hydrogen) atoms. The van der Waals surface area contributed by atoms with Crippen LogP contribution in [-0.4, -0.2) is 30.2 Å². The first-order valence-corrected chi connectivity index (χ1v) is 10.3. The van der Waals surface area contributed by atoms with E-state index in [1.807, 2.05) is 55.5 Å². The molecule has 0 atom stereocenters. The van der Waals surface area contributed by atoms with Gasteiger partial charge in [-0.25, -0.2) is 4.79 Å². The second kappa shape index (κ2) is 9.01. The molecule has 1 amide bonds. The highest BCUT2D eigenvalue weighted by Gasteiger charge is 2.26. The summed E-state index contributed by atoms with van der Waals surface area (Å²) in [5.74, 6) is 0.741. The van der Waals surface area contributed by atoms with Crippen LogP contribution < -0.4 is 14.4 Å². The molecule has 0 bridgehead atoms. The molecule has 1 aromatic heterocycles. The minimum absolute atomic E-state index is 0.0815. The van der Waals surface area contributed by atoms with Gasteiger partial charge in [0.1, 0.15) is 35.2 Å². The summed E-state index contributed by atoms with van der Waals surface area (Å²) in [7, 11) is 0. The normalized spacial score (nSPS) is 12.4. The van der Waals surface area contributed by atoms with Crippen molar-refractivity contribution in [3.63, 3.8) is 0 Å². The molecule has 4 rings (SSSR count). The summed E-state index contributed by atoms with van der Waals surface area (Å²) < 4.78 is 17.0. The molecule has 1 aliphatic heterocycles. The molecule has 164 valence electrons. The summed E-state index contributed by atoms with van der Waals surface area (Å²) >= 11 is 0. The highest BCUT2D eigenvalue weighted by atomic mass is 16.5. The van der Waals surface area contributed by atoms with Gasteiger partial charge in [-0.2, -0.15) is 0 Å². The molecule has 1 aliphatic rings. The molecule has 1 N–H and O–H groups in total. The number of carbonyl (C=O) groups excluding carboxylic acids is 1. The summed E-state index contributed by atoms with van der Waals surface area (Å²) in [6.07, 6.45) is 1.80. The van der Waals surface area contributed by atoms with Gasteiger partial charge in [0.2, 0.25) is 0 Å². The summed E-state index contributed by atoms with van der Waals surface area (Å²) in [6, 6.07) is 16.1. The number of rotatable bonds is 7. The number of carboxylic acid groups (broad SMARTS) is 1. The Morgan fingerprint density at radius 1 is 1.12 bits per heavy atom. The average molecular weight is 433 g/mol. The lowest BCUT2D eigenvalue weighted by Crippen LogP contribution is -2.33. The minimum Gasteiger partial charge on any atom is -0.494 e. The van der Waals surface area contributed by atoms with Gasteiger partial charge in [0, 0.05) is 11.3 Å². The second-order valence-corrected chi connectivity index (χ2v) is 7.31. The van der Waals surface area contributed by atoms with Crippen LogP contribution >= 0.6 is 0 Å². The first-order valence-electron chi connectivity index (χ1n) is 10.3. The first-order chi connectivity index (χ1) is 15.5. The Balaban J connectivity index is 1.67. The van der Waals surface area contributed by atoms with E-state index in [0.29, 0.717) is 40.9 Å². The van der Waals surface area contributed by atoms with Crippen LogP contribution in [0.15, 0.2) is 64.6 Å². The SMILES string of the molecule is CCOc1ccc2c(c1)C=C(C(=O)N(Cc1cc(C(=O)O)c(C)o1)c1ccccc1)CO2. The third kappa shape index (κ3) is 4.37. The molecule has 7 nitrogen and oxygen atoms in total. The third-order valence-electron chi connectivity index (χ3n) is 5.11. The number of carbonyl (C=O) groups is 2. The first kappa shape index (κ1) is 21.2. The molecule has 0 unspecified atom stereocenters. The topological polar surface area (TPSA) is 89.2 Å². The zero-order chi connectivity index (χ0) is 22.7. The van der Waals surface area contributed by atoms with Crippen molar-refractivity contribution in [2.24, 2.45) is 0 Å². The fourth-order valence-electron chi connectivity index (χ4n) is 3.59. The number of carboxylic acids is 1. The van der Waals surface area contributed by atoms with E-state index in [-0.39, 0.29) is 24.6 Å². The molecular weight excluding hydrogens is 410 g/mol. The zero-order valence-corrected chi connectivity index (χ0v) is 17.8. The molecule has 2 aromatic carbocycles. The maximum absolute atomic E-state index is 13.5. The van der Waals surface area contributed by atoms with Crippen LogP contribution in [0.5, 0.6) is 11.5 Å². The van der Waals surface area contributed by atoms with E-state index in [9.17, 15) is 14.7 Å². The fraction of sp³-hybridized carbons (Fsp3) is 0.200. The number of para-hydroxylation sites is 1. The van der Waals surface area contributed by atoms with Gasteiger partial charge >= 0.3 is 5.97 Å². The van der Waals surface area contributed by atoms with Crippen LogP contribution in [0.4, 0.5) is 5.69 Å². The van der Waals surface area contributed by atoms with E-state index < -0.39 is 5.97 Å². The average Bonchev–Trinajstić information content (AvgIpc) is 3.18. The number of amides is 1. The predicted octanol–water partition coefficient (Wildman–Crippen LogP) is 4.69. The third-order valence-corrected chi connectivity index (χ3v) is 5.11. The number of hydrogen-bond acceptors (Lipinski definition) is 5. The molecule has 0 saturated heterocycles. The standard InChI is InChI=1S/C25H23NO6/c1-3-30-20-9-10-23-17(12-20)11-18(15-31-23)24(27)26(19-7-5-4-6-8-19)14-21-13-22(25(28)29)16(2)32-21/h4-13H,3,14-15H2,1-2H3,(H,28,29). The van der Waals surface area contributed by atoms with Crippen LogP contribution in [0.3, 0.4) is 0 Å². The number of benzene rings is 2. The zero-order valence-electron chi connectivity index (χ0n) is 17.8. The van der Waals surface area contributed by atoms with Gasteiger partial charge in [-0.3, -0.25) is 4.79 Å².